The van der Waals surface area contributed by atoms with E-state index in [4.69, 9.17) is 11.6 Å². The largest absolute Gasteiger partial charge is 0.313 e. The van der Waals surface area contributed by atoms with Gasteiger partial charge in [-0.05, 0) is 56.5 Å². The molecule has 1 saturated heterocycles. The third kappa shape index (κ3) is 4.76. The lowest BCUT2D eigenvalue weighted by molar-refractivity contribution is 0.237. The predicted molar refractivity (Wildman–Crippen MR) is 87.4 cm³/mol. The molecule has 0 aromatic heterocycles. The summed E-state index contributed by atoms with van der Waals surface area (Å²) in [7, 11) is 0. The van der Waals surface area contributed by atoms with Gasteiger partial charge in [0.2, 0.25) is 0 Å². The van der Waals surface area contributed by atoms with Gasteiger partial charge in [-0.15, -0.1) is 0 Å². The lowest BCUT2D eigenvalue weighted by Gasteiger charge is -2.26. The number of hydrogen-bond acceptors (Lipinski definition) is 2. The van der Waals surface area contributed by atoms with Crippen LogP contribution in [0.5, 0.6) is 0 Å². The van der Waals surface area contributed by atoms with Gasteiger partial charge in [0.15, 0.2) is 0 Å². The summed E-state index contributed by atoms with van der Waals surface area (Å²) in [4.78, 5) is 2.58. The number of halogens is 1. The number of hydrogen-bond donors (Lipinski definition) is 1. The summed E-state index contributed by atoms with van der Waals surface area (Å²) in [5.41, 5.74) is 2.49. The molecule has 1 aromatic carbocycles. The zero-order valence-corrected chi connectivity index (χ0v) is 13.5. The van der Waals surface area contributed by atoms with Crippen molar-refractivity contribution in [2.75, 3.05) is 19.6 Å². The first-order valence-corrected chi connectivity index (χ1v) is 8.27. The van der Waals surface area contributed by atoms with Crippen LogP contribution < -0.4 is 5.32 Å². The van der Waals surface area contributed by atoms with E-state index in [9.17, 15) is 0 Å². The summed E-state index contributed by atoms with van der Waals surface area (Å²) < 4.78 is 0. The monoisotopic (exact) mass is 294 g/mol. The van der Waals surface area contributed by atoms with Gasteiger partial charge in [-0.2, -0.15) is 0 Å². The minimum Gasteiger partial charge on any atom is -0.313 e. The Morgan fingerprint density at radius 1 is 1.40 bits per heavy atom. The van der Waals surface area contributed by atoms with Crippen LogP contribution in [0.2, 0.25) is 5.02 Å². The molecule has 20 heavy (non-hydrogen) atoms. The van der Waals surface area contributed by atoms with Gasteiger partial charge in [0.05, 0.1) is 0 Å². The quantitative estimate of drug-likeness (QED) is 0.817. The zero-order chi connectivity index (χ0) is 14.4. The van der Waals surface area contributed by atoms with Gasteiger partial charge in [0.1, 0.15) is 0 Å². The maximum Gasteiger partial charge on any atom is 0.0438 e. The normalized spacial score (nSPS) is 18.9. The van der Waals surface area contributed by atoms with Gasteiger partial charge in [-0.3, -0.25) is 4.90 Å². The number of benzene rings is 1. The van der Waals surface area contributed by atoms with E-state index in [-0.39, 0.29) is 0 Å². The molecule has 112 valence electrons. The van der Waals surface area contributed by atoms with Crippen LogP contribution in [0, 0.1) is 6.92 Å². The van der Waals surface area contributed by atoms with Crippen molar-refractivity contribution in [2.24, 2.45) is 0 Å². The fraction of sp³-hybridized carbons (Fsp3) is 0.647. The highest BCUT2D eigenvalue weighted by Crippen LogP contribution is 2.18. The molecule has 0 bridgehead atoms. The summed E-state index contributed by atoms with van der Waals surface area (Å²) in [6.45, 7) is 8.85. The molecular formula is C17H27ClN2. The van der Waals surface area contributed by atoms with E-state index in [0.717, 1.165) is 23.7 Å². The van der Waals surface area contributed by atoms with Crippen LogP contribution in [-0.2, 0) is 6.54 Å². The van der Waals surface area contributed by atoms with Crippen LogP contribution in [0.1, 0.15) is 43.7 Å². The van der Waals surface area contributed by atoms with Crippen molar-refractivity contribution < 1.29 is 0 Å². The molecule has 1 N–H and O–H groups in total. The molecule has 1 unspecified atom stereocenters. The van der Waals surface area contributed by atoms with E-state index < -0.39 is 0 Å². The molecule has 0 saturated carbocycles. The van der Waals surface area contributed by atoms with Crippen LogP contribution in [0.15, 0.2) is 18.2 Å². The molecule has 2 rings (SSSR count). The highest BCUT2D eigenvalue weighted by atomic mass is 35.5. The summed E-state index contributed by atoms with van der Waals surface area (Å²) in [5, 5.41) is 4.49. The van der Waals surface area contributed by atoms with Gasteiger partial charge in [-0.25, -0.2) is 0 Å². The first-order valence-electron chi connectivity index (χ1n) is 7.90. The first kappa shape index (κ1) is 15.8. The molecule has 1 aliphatic rings. The van der Waals surface area contributed by atoms with E-state index in [0.29, 0.717) is 6.04 Å². The van der Waals surface area contributed by atoms with Crippen molar-refractivity contribution in [2.45, 2.75) is 52.1 Å². The van der Waals surface area contributed by atoms with Gasteiger partial charge >= 0.3 is 0 Å². The Morgan fingerprint density at radius 3 is 2.90 bits per heavy atom. The molecule has 2 nitrogen and oxygen atoms in total. The summed E-state index contributed by atoms with van der Waals surface area (Å²) in [5.74, 6) is 0. The summed E-state index contributed by atoms with van der Waals surface area (Å²) in [6.07, 6.45) is 5.16. The van der Waals surface area contributed by atoms with Crippen LogP contribution in [0.3, 0.4) is 0 Å². The fourth-order valence-electron chi connectivity index (χ4n) is 2.83. The van der Waals surface area contributed by atoms with Gasteiger partial charge in [-0.1, -0.05) is 37.1 Å². The van der Waals surface area contributed by atoms with Crippen molar-refractivity contribution in [3.63, 3.8) is 0 Å². The Hall–Kier alpha value is -0.570. The summed E-state index contributed by atoms with van der Waals surface area (Å²) in [6, 6.07) is 7.14. The Labute approximate surface area is 128 Å². The second-order valence-electron chi connectivity index (χ2n) is 5.97. The third-order valence-electron chi connectivity index (χ3n) is 4.11. The van der Waals surface area contributed by atoms with Crippen molar-refractivity contribution in [3.8, 4) is 0 Å². The highest BCUT2D eigenvalue weighted by Gasteiger charge is 2.17. The molecular weight excluding hydrogens is 268 g/mol. The van der Waals surface area contributed by atoms with Gasteiger partial charge < -0.3 is 5.32 Å². The van der Waals surface area contributed by atoms with Crippen molar-refractivity contribution in [3.05, 3.63) is 34.3 Å². The predicted octanol–water partition coefficient (Wildman–Crippen LogP) is 4.00. The Kier molecular flexibility index (Phi) is 6.34. The Balaban J connectivity index is 1.95. The Morgan fingerprint density at radius 2 is 2.25 bits per heavy atom. The van der Waals surface area contributed by atoms with E-state index in [2.05, 4.69) is 42.3 Å². The number of nitrogens with one attached hydrogen (secondary N) is 1. The van der Waals surface area contributed by atoms with E-state index in [1.165, 1.54) is 44.3 Å². The molecule has 1 fully saturated rings. The van der Waals surface area contributed by atoms with Crippen LogP contribution in [0.4, 0.5) is 0 Å². The van der Waals surface area contributed by atoms with E-state index in [1.807, 2.05) is 0 Å². The van der Waals surface area contributed by atoms with Crippen LogP contribution in [-0.4, -0.2) is 30.6 Å². The minimum absolute atomic E-state index is 0.674. The fourth-order valence-corrected chi connectivity index (χ4v) is 3.04. The SMILES string of the molecule is CCCCN(Cc1ccc(C)c(Cl)c1)CC1CCCN1. The molecule has 1 heterocycles. The smallest absolute Gasteiger partial charge is 0.0438 e. The maximum atomic E-state index is 6.24. The molecule has 1 aromatic rings. The lowest BCUT2D eigenvalue weighted by atomic mass is 10.1. The minimum atomic E-state index is 0.674. The van der Waals surface area contributed by atoms with Crippen LogP contribution in [0.25, 0.3) is 0 Å². The first-order chi connectivity index (χ1) is 9.69. The molecule has 3 heteroatoms. The molecule has 0 amide bonds. The lowest BCUT2D eigenvalue weighted by Crippen LogP contribution is -2.37. The number of nitrogens with zero attached hydrogens (tertiary/aromatic N) is 1. The number of aryl methyl sites for hydroxylation is 1. The molecule has 0 spiro atoms. The molecule has 1 atom stereocenters. The van der Waals surface area contributed by atoms with E-state index in [1.54, 1.807) is 0 Å². The topological polar surface area (TPSA) is 15.3 Å². The van der Waals surface area contributed by atoms with Crippen molar-refractivity contribution in [1.82, 2.24) is 10.2 Å². The van der Waals surface area contributed by atoms with Gasteiger partial charge in [0.25, 0.3) is 0 Å². The maximum absolute atomic E-state index is 6.24. The average molecular weight is 295 g/mol. The zero-order valence-electron chi connectivity index (χ0n) is 12.8. The number of unbranched alkanes of at least 4 members (excludes halogenated alkanes) is 1. The third-order valence-corrected chi connectivity index (χ3v) is 4.52. The average Bonchev–Trinajstić information content (AvgIpc) is 2.93. The van der Waals surface area contributed by atoms with E-state index >= 15 is 0 Å². The Bertz CT molecular complexity index is 413. The molecule has 0 radical (unpaired) electrons. The second-order valence-corrected chi connectivity index (χ2v) is 6.37. The second kappa shape index (κ2) is 8.02. The van der Waals surface area contributed by atoms with Crippen molar-refractivity contribution in [1.29, 1.82) is 0 Å². The standard InChI is InChI=1S/C17H27ClN2/c1-3-4-10-20(13-16-6-5-9-19-16)12-15-8-7-14(2)17(18)11-15/h7-8,11,16,19H,3-6,9-10,12-13H2,1-2H3. The van der Waals surface area contributed by atoms with Gasteiger partial charge in [0, 0.05) is 24.2 Å². The molecule has 0 aliphatic carbocycles. The van der Waals surface area contributed by atoms with Crippen molar-refractivity contribution >= 4 is 11.6 Å². The summed E-state index contributed by atoms with van der Waals surface area (Å²) >= 11 is 6.24. The molecule has 1 aliphatic heterocycles. The van der Waals surface area contributed by atoms with Crippen LogP contribution >= 0.6 is 11.6 Å². The number of rotatable bonds is 7. The highest BCUT2D eigenvalue weighted by molar-refractivity contribution is 6.31.